The summed E-state index contributed by atoms with van der Waals surface area (Å²) in [4.78, 5) is 16.3. The van der Waals surface area contributed by atoms with Gasteiger partial charge in [-0.1, -0.05) is 12.2 Å². The van der Waals surface area contributed by atoms with Crippen molar-refractivity contribution in [2.24, 2.45) is 5.73 Å². The molecule has 1 aliphatic rings. The lowest BCUT2D eigenvalue weighted by atomic mass is 10.1. The SMILES string of the molecule is CN(CCC(N)=S)C(=O)CCN1CC(CO)OC(C)(C)C1. The molecule has 122 valence electrons. The van der Waals surface area contributed by atoms with E-state index in [4.69, 9.17) is 22.7 Å². The third-order valence-electron chi connectivity index (χ3n) is 3.52. The molecule has 1 rings (SSSR count). The fourth-order valence-electron chi connectivity index (χ4n) is 2.53. The van der Waals surface area contributed by atoms with E-state index in [0.717, 1.165) is 6.54 Å². The molecule has 0 aliphatic carbocycles. The summed E-state index contributed by atoms with van der Waals surface area (Å²) < 4.78 is 5.76. The molecule has 1 amide bonds. The van der Waals surface area contributed by atoms with Crippen LogP contribution < -0.4 is 5.73 Å². The Labute approximate surface area is 132 Å². The first-order valence-corrected chi connectivity index (χ1v) is 7.67. The number of aliphatic hydroxyl groups excluding tert-OH is 1. The van der Waals surface area contributed by atoms with Gasteiger partial charge in [-0.15, -0.1) is 0 Å². The first kappa shape index (κ1) is 18.3. The molecule has 21 heavy (non-hydrogen) atoms. The van der Waals surface area contributed by atoms with Gasteiger partial charge < -0.3 is 20.5 Å². The van der Waals surface area contributed by atoms with Crippen LogP contribution in [0.1, 0.15) is 26.7 Å². The number of aliphatic hydroxyl groups is 1. The Balaban J connectivity index is 2.39. The molecule has 6 nitrogen and oxygen atoms in total. The molecule has 1 saturated heterocycles. The molecule has 0 aromatic heterocycles. The Bertz CT molecular complexity index is 376. The predicted molar refractivity (Wildman–Crippen MR) is 86.1 cm³/mol. The molecule has 3 N–H and O–H groups in total. The second-order valence-electron chi connectivity index (χ2n) is 6.20. The van der Waals surface area contributed by atoms with Crippen LogP contribution in [0.4, 0.5) is 0 Å². The summed E-state index contributed by atoms with van der Waals surface area (Å²) in [6, 6.07) is 0. The Morgan fingerprint density at radius 1 is 1.52 bits per heavy atom. The van der Waals surface area contributed by atoms with Gasteiger partial charge in [0, 0.05) is 46.1 Å². The third kappa shape index (κ3) is 6.69. The number of hydrogen-bond donors (Lipinski definition) is 2. The zero-order valence-corrected chi connectivity index (χ0v) is 14.0. The van der Waals surface area contributed by atoms with Crippen molar-refractivity contribution in [2.75, 3.05) is 39.8 Å². The van der Waals surface area contributed by atoms with Crippen molar-refractivity contribution >= 4 is 23.1 Å². The van der Waals surface area contributed by atoms with E-state index in [9.17, 15) is 9.90 Å². The lowest BCUT2D eigenvalue weighted by molar-refractivity contribution is -0.151. The molecule has 7 heteroatoms. The number of carbonyl (C=O) groups is 1. The second kappa shape index (κ2) is 8.03. The number of thiocarbonyl (C=S) groups is 1. The predicted octanol–water partition coefficient (Wildman–Crippen LogP) is -0.0172. The maximum Gasteiger partial charge on any atom is 0.223 e. The molecule has 1 heterocycles. The van der Waals surface area contributed by atoms with E-state index in [0.29, 0.717) is 37.5 Å². The Morgan fingerprint density at radius 2 is 2.19 bits per heavy atom. The topological polar surface area (TPSA) is 79.0 Å². The van der Waals surface area contributed by atoms with Crippen LogP contribution >= 0.6 is 12.2 Å². The van der Waals surface area contributed by atoms with Gasteiger partial charge in [0.1, 0.15) is 0 Å². The molecule has 1 atom stereocenters. The van der Waals surface area contributed by atoms with Gasteiger partial charge in [-0.3, -0.25) is 9.69 Å². The number of hydrogen-bond acceptors (Lipinski definition) is 5. The molecule has 0 saturated carbocycles. The molecule has 0 radical (unpaired) electrons. The summed E-state index contributed by atoms with van der Waals surface area (Å²) in [5, 5.41) is 9.28. The van der Waals surface area contributed by atoms with Gasteiger partial charge in [0.25, 0.3) is 0 Å². The monoisotopic (exact) mass is 317 g/mol. The van der Waals surface area contributed by atoms with E-state index in [-0.39, 0.29) is 24.2 Å². The Morgan fingerprint density at radius 3 is 2.76 bits per heavy atom. The molecule has 1 fully saturated rings. The van der Waals surface area contributed by atoms with Crippen LogP contribution in [0.15, 0.2) is 0 Å². The van der Waals surface area contributed by atoms with Crippen LogP contribution in [0.2, 0.25) is 0 Å². The molecule has 1 aliphatic heterocycles. The van der Waals surface area contributed by atoms with Crippen molar-refractivity contribution < 1.29 is 14.6 Å². The molecular weight excluding hydrogens is 290 g/mol. The summed E-state index contributed by atoms with van der Waals surface area (Å²) in [6.45, 7) is 6.64. The Kier molecular flexibility index (Phi) is 6.99. The van der Waals surface area contributed by atoms with E-state index >= 15 is 0 Å². The average Bonchev–Trinajstić information content (AvgIpc) is 2.40. The minimum absolute atomic E-state index is 0.00171. The number of rotatable bonds is 7. The third-order valence-corrected chi connectivity index (χ3v) is 3.72. The smallest absolute Gasteiger partial charge is 0.223 e. The molecule has 0 spiro atoms. The largest absolute Gasteiger partial charge is 0.394 e. The van der Waals surface area contributed by atoms with Crippen LogP contribution in [0.25, 0.3) is 0 Å². The zero-order valence-electron chi connectivity index (χ0n) is 13.2. The van der Waals surface area contributed by atoms with Crippen molar-refractivity contribution in [3.05, 3.63) is 0 Å². The summed E-state index contributed by atoms with van der Waals surface area (Å²) in [6.07, 6.45) is 0.813. The van der Waals surface area contributed by atoms with E-state index in [1.807, 2.05) is 13.8 Å². The number of morpholine rings is 1. The van der Waals surface area contributed by atoms with E-state index in [1.54, 1.807) is 11.9 Å². The maximum absolute atomic E-state index is 12.0. The Hall–Kier alpha value is -0.760. The van der Waals surface area contributed by atoms with Gasteiger partial charge in [0.2, 0.25) is 5.91 Å². The van der Waals surface area contributed by atoms with Gasteiger partial charge in [0.05, 0.1) is 23.3 Å². The highest BCUT2D eigenvalue weighted by atomic mass is 32.1. The second-order valence-corrected chi connectivity index (χ2v) is 6.72. The van der Waals surface area contributed by atoms with Crippen molar-refractivity contribution in [1.29, 1.82) is 0 Å². The number of nitrogens with zero attached hydrogens (tertiary/aromatic N) is 2. The van der Waals surface area contributed by atoms with Gasteiger partial charge in [0.15, 0.2) is 0 Å². The molecule has 0 aromatic rings. The number of amides is 1. The van der Waals surface area contributed by atoms with Crippen molar-refractivity contribution in [1.82, 2.24) is 9.80 Å². The van der Waals surface area contributed by atoms with Crippen LogP contribution in [0.3, 0.4) is 0 Å². The van der Waals surface area contributed by atoms with Gasteiger partial charge in [-0.05, 0) is 13.8 Å². The highest BCUT2D eigenvalue weighted by molar-refractivity contribution is 7.80. The summed E-state index contributed by atoms with van der Waals surface area (Å²) in [5.41, 5.74) is 5.14. The van der Waals surface area contributed by atoms with Crippen LogP contribution in [-0.2, 0) is 9.53 Å². The summed E-state index contributed by atoms with van der Waals surface area (Å²) in [7, 11) is 1.76. The van der Waals surface area contributed by atoms with Gasteiger partial charge >= 0.3 is 0 Å². The zero-order chi connectivity index (χ0) is 16.0. The van der Waals surface area contributed by atoms with Crippen LogP contribution in [-0.4, -0.2) is 77.3 Å². The molecule has 1 unspecified atom stereocenters. The lowest BCUT2D eigenvalue weighted by Crippen LogP contribution is -2.54. The van der Waals surface area contributed by atoms with Gasteiger partial charge in [-0.2, -0.15) is 0 Å². The van der Waals surface area contributed by atoms with Crippen molar-refractivity contribution in [3.63, 3.8) is 0 Å². The maximum atomic E-state index is 12.0. The highest BCUT2D eigenvalue weighted by Gasteiger charge is 2.33. The van der Waals surface area contributed by atoms with Crippen molar-refractivity contribution in [2.45, 2.75) is 38.4 Å². The standard InChI is InChI=1S/C14H27N3O3S/c1-14(2)10-17(8-11(9-18)20-14)7-5-13(19)16(3)6-4-12(15)21/h11,18H,4-10H2,1-3H3,(H2,15,21). The fraction of sp³-hybridized carbons (Fsp3) is 0.857. The first-order chi connectivity index (χ1) is 9.73. The quantitative estimate of drug-likeness (QED) is 0.643. The molecular formula is C14H27N3O3S. The minimum Gasteiger partial charge on any atom is -0.394 e. The van der Waals surface area contributed by atoms with E-state index < -0.39 is 0 Å². The summed E-state index contributed by atoms with van der Waals surface area (Å²) >= 11 is 4.81. The minimum atomic E-state index is -0.299. The van der Waals surface area contributed by atoms with Crippen LogP contribution in [0, 0.1) is 0 Å². The number of carbonyl (C=O) groups excluding carboxylic acids is 1. The van der Waals surface area contributed by atoms with E-state index in [1.165, 1.54) is 0 Å². The van der Waals surface area contributed by atoms with E-state index in [2.05, 4.69) is 4.90 Å². The number of ether oxygens (including phenoxy) is 1. The number of nitrogens with two attached hydrogens (primary N) is 1. The molecule has 0 aromatic carbocycles. The van der Waals surface area contributed by atoms with Crippen molar-refractivity contribution in [3.8, 4) is 0 Å². The van der Waals surface area contributed by atoms with Gasteiger partial charge in [-0.25, -0.2) is 0 Å². The average molecular weight is 317 g/mol. The fourth-order valence-corrected chi connectivity index (χ4v) is 2.62. The highest BCUT2D eigenvalue weighted by Crippen LogP contribution is 2.20. The lowest BCUT2D eigenvalue weighted by Gasteiger charge is -2.42. The molecule has 0 bridgehead atoms. The normalized spacial score (nSPS) is 22.0. The first-order valence-electron chi connectivity index (χ1n) is 7.27. The van der Waals surface area contributed by atoms with Crippen LogP contribution in [0.5, 0.6) is 0 Å². The summed E-state index contributed by atoms with van der Waals surface area (Å²) in [5.74, 6) is 0.0797.